The van der Waals surface area contributed by atoms with Gasteiger partial charge in [-0.25, -0.2) is 0 Å². The van der Waals surface area contributed by atoms with E-state index in [1.807, 2.05) is 32.9 Å². The fourth-order valence-corrected chi connectivity index (χ4v) is 3.12. The summed E-state index contributed by atoms with van der Waals surface area (Å²) in [6.45, 7) is 5.99. The summed E-state index contributed by atoms with van der Waals surface area (Å²) >= 11 is 7.17. The highest BCUT2D eigenvalue weighted by atomic mass is 35.5. The highest BCUT2D eigenvalue weighted by Crippen LogP contribution is 2.31. The fraction of sp³-hybridized carbons (Fsp3) is 0.267. The third-order valence-electron chi connectivity index (χ3n) is 3.12. The molecule has 21 heavy (non-hydrogen) atoms. The van der Waals surface area contributed by atoms with Gasteiger partial charge in [-0.1, -0.05) is 49.0 Å². The molecule has 6 heteroatoms. The predicted molar refractivity (Wildman–Crippen MR) is 83.3 cm³/mol. The lowest BCUT2D eigenvalue weighted by atomic mass is 9.90. The average molecular weight is 321 g/mol. The summed E-state index contributed by atoms with van der Waals surface area (Å²) in [5, 5.41) is 5.38. The van der Waals surface area contributed by atoms with Gasteiger partial charge < -0.3 is 4.42 Å². The number of furan rings is 1. The van der Waals surface area contributed by atoms with Gasteiger partial charge in [0.15, 0.2) is 11.3 Å². The van der Waals surface area contributed by atoms with E-state index in [0.29, 0.717) is 21.2 Å². The van der Waals surface area contributed by atoms with Crippen LogP contribution in [-0.2, 0) is 5.41 Å². The van der Waals surface area contributed by atoms with E-state index < -0.39 is 0 Å². The number of benzene rings is 1. The van der Waals surface area contributed by atoms with E-state index in [9.17, 15) is 4.79 Å². The van der Waals surface area contributed by atoms with Crippen LogP contribution in [0.1, 0.15) is 41.9 Å². The predicted octanol–water partition coefficient (Wildman–Crippen LogP) is 4.47. The molecule has 0 fully saturated rings. The number of fused-ring (bicyclic) bond motifs is 1. The molecule has 0 amide bonds. The Hall–Kier alpha value is -1.72. The average Bonchev–Trinajstić information content (AvgIpc) is 3.04. The minimum atomic E-state index is -0.248. The van der Waals surface area contributed by atoms with Gasteiger partial charge in [0.1, 0.15) is 4.88 Å². The summed E-state index contributed by atoms with van der Waals surface area (Å²) in [7, 11) is 0. The van der Waals surface area contributed by atoms with Gasteiger partial charge in [-0.2, -0.15) is 0 Å². The quantitative estimate of drug-likeness (QED) is 0.654. The van der Waals surface area contributed by atoms with Crippen molar-refractivity contribution >= 4 is 39.9 Å². The molecule has 0 atom stereocenters. The number of para-hydroxylation sites is 1. The third kappa shape index (κ3) is 2.47. The van der Waals surface area contributed by atoms with Gasteiger partial charge in [-0.05, 0) is 23.7 Å². The molecule has 3 aromatic rings. The van der Waals surface area contributed by atoms with Crippen molar-refractivity contribution in [3.05, 3.63) is 45.6 Å². The Kier molecular flexibility index (Phi) is 3.34. The second kappa shape index (κ2) is 4.93. The fourth-order valence-electron chi connectivity index (χ4n) is 2.08. The van der Waals surface area contributed by atoms with E-state index >= 15 is 0 Å². The number of nitrogens with zero attached hydrogens (tertiary/aromatic N) is 2. The molecule has 0 unspecified atom stereocenters. The van der Waals surface area contributed by atoms with Gasteiger partial charge in [0.05, 0.1) is 10.7 Å². The summed E-state index contributed by atoms with van der Waals surface area (Å²) in [5.74, 6) is 0.0526. The molecular weight excluding hydrogens is 308 g/mol. The Labute approximate surface area is 130 Å². The van der Waals surface area contributed by atoms with Gasteiger partial charge >= 0.3 is 0 Å². The van der Waals surface area contributed by atoms with Crippen LogP contribution in [0.4, 0.5) is 0 Å². The second-order valence-corrected chi connectivity index (χ2v) is 6.96. The molecule has 2 heterocycles. The van der Waals surface area contributed by atoms with Gasteiger partial charge in [0.25, 0.3) is 0 Å². The van der Waals surface area contributed by atoms with Crippen LogP contribution in [0.25, 0.3) is 11.0 Å². The molecule has 0 aliphatic rings. The number of carbonyl (C=O) groups excluding carboxylic acids is 1. The van der Waals surface area contributed by atoms with E-state index in [1.54, 1.807) is 12.1 Å². The molecule has 0 aliphatic heterocycles. The molecule has 0 saturated heterocycles. The van der Waals surface area contributed by atoms with Crippen molar-refractivity contribution in [1.82, 2.24) is 9.59 Å². The molecule has 0 aliphatic carbocycles. The monoisotopic (exact) mass is 320 g/mol. The SMILES string of the molecule is CC(C)(C)c1nnsc1C(=O)c1cc2cccc(Cl)c2o1. The van der Waals surface area contributed by atoms with Gasteiger partial charge in [0, 0.05) is 10.8 Å². The van der Waals surface area contributed by atoms with E-state index in [2.05, 4.69) is 9.59 Å². The summed E-state index contributed by atoms with van der Waals surface area (Å²) in [6.07, 6.45) is 0. The Bertz CT molecular complexity index is 830. The van der Waals surface area contributed by atoms with Crippen LogP contribution >= 0.6 is 23.1 Å². The molecule has 3 rings (SSSR count). The topological polar surface area (TPSA) is 56.0 Å². The molecule has 2 aromatic heterocycles. The molecule has 4 nitrogen and oxygen atoms in total. The smallest absolute Gasteiger partial charge is 0.241 e. The van der Waals surface area contributed by atoms with Crippen molar-refractivity contribution in [3.8, 4) is 0 Å². The normalized spacial score (nSPS) is 12.0. The molecule has 0 radical (unpaired) electrons. The molecular formula is C15H13ClN2O2S. The number of halogens is 1. The molecule has 0 bridgehead atoms. The molecule has 0 N–H and O–H groups in total. The van der Waals surface area contributed by atoms with Crippen molar-refractivity contribution in [2.24, 2.45) is 0 Å². The minimum Gasteiger partial charge on any atom is -0.451 e. The minimum absolute atomic E-state index is 0.206. The maximum absolute atomic E-state index is 12.6. The van der Waals surface area contributed by atoms with Crippen molar-refractivity contribution in [1.29, 1.82) is 0 Å². The highest BCUT2D eigenvalue weighted by molar-refractivity contribution is 7.08. The molecule has 108 valence electrons. The van der Waals surface area contributed by atoms with Crippen LogP contribution < -0.4 is 0 Å². The van der Waals surface area contributed by atoms with E-state index in [-0.39, 0.29) is 17.0 Å². The largest absolute Gasteiger partial charge is 0.451 e. The number of hydrogen-bond donors (Lipinski definition) is 0. The molecule has 0 saturated carbocycles. The standard InChI is InChI=1S/C15H13ClN2O2S/c1-15(2,3)14-13(21-18-17-14)11(19)10-7-8-5-4-6-9(16)12(8)20-10/h4-7H,1-3H3. The number of ketones is 1. The molecule has 1 aromatic carbocycles. The van der Waals surface area contributed by atoms with Crippen LogP contribution in [0.2, 0.25) is 5.02 Å². The summed E-state index contributed by atoms with van der Waals surface area (Å²) in [4.78, 5) is 13.2. The zero-order valence-corrected chi connectivity index (χ0v) is 13.4. The lowest BCUT2D eigenvalue weighted by molar-refractivity contribution is 0.101. The lowest BCUT2D eigenvalue weighted by Crippen LogP contribution is -2.16. The number of rotatable bonds is 2. The van der Waals surface area contributed by atoms with Crippen molar-refractivity contribution < 1.29 is 9.21 Å². The van der Waals surface area contributed by atoms with Crippen LogP contribution in [-0.4, -0.2) is 15.4 Å². The van der Waals surface area contributed by atoms with Crippen LogP contribution in [0.5, 0.6) is 0 Å². The van der Waals surface area contributed by atoms with Crippen molar-refractivity contribution in [2.45, 2.75) is 26.2 Å². The van der Waals surface area contributed by atoms with E-state index in [4.69, 9.17) is 16.0 Å². The summed E-state index contributed by atoms with van der Waals surface area (Å²) < 4.78 is 9.53. The number of aromatic nitrogens is 2. The Balaban J connectivity index is 2.09. The third-order valence-corrected chi connectivity index (χ3v) is 4.15. The van der Waals surface area contributed by atoms with Gasteiger partial charge in [-0.3, -0.25) is 4.79 Å². The lowest BCUT2D eigenvalue weighted by Gasteiger charge is -2.15. The second-order valence-electron chi connectivity index (χ2n) is 5.80. The van der Waals surface area contributed by atoms with E-state index in [0.717, 1.165) is 16.9 Å². The first kappa shape index (κ1) is 14.2. The summed E-state index contributed by atoms with van der Waals surface area (Å²) in [6, 6.07) is 7.12. The number of hydrogen-bond acceptors (Lipinski definition) is 5. The highest BCUT2D eigenvalue weighted by Gasteiger charge is 2.28. The Morgan fingerprint density at radius 2 is 2.10 bits per heavy atom. The maximum atomic E-state index is 12.6. The van der Waals surface area contributed by atoms with E-state index in [1.165, 1.54) is 0 Å². The Morgan fingerprint density at radius 3 is 2.76 bits per heavy atom. The zero-order valence-electron chi connectivity index (χ0n) is 11.8. The van der Waals surface area contributed by atoms with Crippen LogP contribution in [0.3, 0.4) is 0 Å². The van der Waals surface area contributed by atoms with Gasteiger partial charge in [-0.15, -0.1) is 5.10 Å². The Morgan fingerprint density at radius 1 is 1.33 bits per heavy atom. The van der Waals surface area contributed by atoms with Gasteiger partial charge in [0.2, 0.25) is 5.78 Å². The first-order chi connectivity index (χ1) is 9.88. The first-order valence-electron chi connectivity index (χ1n) is 6.43. The van der Waals surface area contributed by atoms with Crippen LogP contribution in [0.15, 0.2) is 28.7 Å². The van der Waals surface area contributed by atoms with Crippen molar-refractivity contribution in [3.63, 3.8) is 0 Å². The zero-order chi connectivity index (χ0) is 15.2. The molecule has 0 spiro atoms. The van der Waals surface area contributed by atoms with Crippen LogP contribution in [0, 0.1) is 0 Å². The maximum Gasteiger partial charge on any atom is 0.241 e. The van der Waals surface area contributed by atoms with Crippen molar-refractivity contribution in [2.75, 3.05) is 0 Å². The first-order valence-corrected chi connectivity index (χ1v) is 7.58. The number of carbonyl (C=O) groups is 1. The summed E-state index contributed by atoms with van der Waals surface area (Å²) in [5.41, 5.74) is 0.961.